The van der Waals surface area contributed by atoms with Crippen LogP contribution in [0.4, 0.5) is 5.69 Å². The van der Waals surface area contributed by atoms with Crippen molar-refractivity contribution in [3.63, 3.8) is 0 Å². The average Bonchev–Trinajstić information content (AvgIpc) is 3.10. The number of carbonyl (C=O) groups is 1. The quantitative estimate of drug-likeness (QED) is 0.901. The van der Waals surface area contributed by atoms with Gasteiger partial charge in [-0.15, -0.1) is 0 Å². The van der Waals surface area contributed by atoms with E-state index < -0.39 is 0 Å². The summed E-state index contributed by atoms with van der Waals surface area (Å²) in [5.41, 5.74) is 1.25. The van der Waals surface area contributed by atoms with Gasteiger partial charge in [-0.2, -0.15) is 0 Å². The first-order valence-electron chi connectivity index (χ1n) is 9.34. The Labute approximate surface area is 153 Å². The normalized spacial score (nSPS) is 26.0. The Morgan fingerprint density at radius 1 is 1.12 bits per heavy atom. The smallest absolute Gasteiger partial charge is 0.233 e. The first-order valence-corrected chi connectivity index (χ1v) is 10.3. The van der Waals surface area contributed by atoms with Crippen LogP contribution in [-0.2, 0) is 4.79 Å². The molecule has 5 nitrogen and oxygen atoms in total. The van der Waals surface area contributed by atoms with Crippen molar-refractivity contribution >= 4 is 28.5 Å². The molecule has 134 valence electrons. The number of thioether (sulfide) groups is 1. The third kappa shape index (κ3) is 3.94. The third-order valence-electron chi connectivity index (χ3n) is 5.41. The van der Waals surface area contributed by atoms with E-state index in [0.29, 0.717) is 17.8 Å². The highest BCUT2D eigenvalue weighted by Gasteiger charge is 2.31. The maximum Gasteiger partial charge on any atom is 0.233 e. The van der Waals surface area contributed by atoms with Crippen LogP contribution in [0, 0.1) is 0 Å². The van der Waals surface area contributed by atoms with Crippen LogP contribution in [0.15, 0.2) is 35.3 Å². The van der Waals surface area contributed by atoms with Crippen LogP contribution in [-0.4, -0.2) is 60.0 Å². The second-order valence-electron chi connectivity index (χ2n) is 7.03. The van der Waals surface area contributed by atoms with Gasteiger partial charge in [-0.3, -0.25) is 9.79 Å². The summed E-state index contributed by atoms with van der Waals surface area (Å²) in [4.78, 5) is 21.6. The monoisotopic (exact) mass is 358 g/mol. The molecule has 25 heavy (non-hydrogen) atoms. The number of amidine groups is 1. The minimum absolute atomic E-state index is 0.233. The summed E-state index contributed by atoms with van der Waals surface area (Å²) in [7, 11) is 0. The number of carbonyl (C=O) groups excluding carboxylic acids is 1. The zero-order chi connectivity index (χ0) is 17.1. The highest BCUT2D eigenvalue weighted by Crippen LogP contribution is 2.27. The molecular formula is C19H26N4OS. The van der Waals surface area contributed by atoms with Gasteiger partial charge < -0.3 is 15.1 Å². The summed E-state index contributed by atoms with van der Waals surface area (Å²) in [6, 6.07) is 11.4. The molecule has 2 atom stereocenters. The molecule has 0 bridgehead atoms. The molecule has 0 spiro atoms. The summed E-state index contributed by atoms with van der Waals surface area (Å²) in [6.07, 6.45) is 4.99. The average molecular weight is 359 g/mol. The van der Waals surface area contributed by atoms with Gasteiger partial charge in [0.2, 0.25) is 5.91 Å². The number of aliphatic imine (C=N–C) groups is 1. The highest BCUT2D eigenvalue weighted by atomic mass is 32.2. The molecule has 2 aliphatic heterocycles. The molecule has 4 rings (SSSR count). The molecule has 1 aliphatic carbocycles. The van der Waals surface area contributed by atoms with Gasteiger partial charge in [-0.25, -0.2) is 0 Å². The molecule has 1 saturated heterocycles. The van der Waals surface area contributed by atoms with E-state index in [9.17, 15) is 4.79 Å². The summed E-state index contributed by atoms with van der Waals surface area (Å²) in [5, 5.41) is 4.49. The standard InChI is InChI=1S/C19H26N4OS/c24-18(14-25-19-20-16-8-4-5-9-17(16)21-19)23-12-10-22(11-13-23)15-6-2-1-3-7-15/h1-3,6-7,16-17H,4-5,8-14H2,(H,20,21)/t16-,17-/m0/s1. The van der Waals surface area contributed by atoms with Gasteiger partial charge in [0.15, 0.2) is 5.17 Å². The number of benzene rings is 1. The second-order valence-corrected chi connectivity index (χ2v) is 7.99. The van der Waals surface area contributed by atoms with Crippen molar-refractivity contribution in [1.82, 2.24) is 10.2 Å². The van der Waals surface area contributed by atoms with E-state index in [1.165, 1.54) is 31.4 Å². The number of fused-ring (bicyclic) bond motifs is 1. The van der Waals surface area contributed by atoms with E-state index in [1.807, 2.05) is 11.0 Å². The number of piperazine rings is 1. The molecule has 0 unspecified atom stereocenters. The molecule has 2 fully saturated rings. The molecule has 1 saturated carbocycles. The Morgan fingerprint density at radius 2 is 1.88 bits per heavy atom. The molecule has 2 heterocycles. The number of hydrogen-bond donors (Lipinski definition) is 1. The van der Waals surface area contributed by atoms with Crippen LogP contribution in [0.3, 0.4) is 0 Å². The zero-order valence-electron chi connectivity index (χ0n) is 14.6. The highest BCUT2D eigenvalue weighted by molar-refractivity contribution is 8.14. The summed E-state index contributed by atoms with van der Waals surface area (Å²) >= 11 is 1.58. The van der Waals surface area contributed by atoms with Crippen molar-refractivity contribution in [1.29, 1.82) is 0 Å². The number of hydrogen-bond acceptors (Lipinski definition) is 5. The van der Waals surface area contributed by atoms with Gasteiger partial charge in [0.1, 0.15) is 0 Å². The largest absolute Gasteiger partial charge is 0.368 e. The lowest BCUT2D eigenvalue weighted by Crippen LogP contribution is -2.49. The van der Waals surface area contributed by atoms with E-state index in [1.54, 1.807) is 11.8 Å². The van der Waals surface area contributed by atoms with Crippen molar-refractivity contribution in [3.05, 3.63) is 30.3 Å². The van der Waals surface area contributed by atoms with Crippen molar-refractivity contribution in [2.75, 3.05) is 36.8 Å². The van der Waals surface area contributed by atoms with Crippen LogP contribution in [0.25, 0.3) is 0 Å². The first-order chi connectivity index (χ1) is 12.3. The Morgan fingerprint density at radius 3 is 2.64 bits per heavy atom. The van der Waals surface area contributed by atoms with E-state index in [2.05, 4.69) is 34.5 Å². The van der Waals surface area contributed by atoms with E-state index in [4.69, 9.17) is 4.99 Å². The number of amides is 1. The van der Waals surface area contributed by atoms with Crippen LogP contribution < -0.4 is 10.2 Å². The molecule has 0 aromatic heterocycles. The van der Waals surface area contributed by atoms with Gasteiger partial charge >= 0.3 is 0 Å². The summed E-state index contributed by atoms with van der Waals surface area (Å²) in [6.45, 7) is 3.42. The maximum atomic E-state index is 12.5. The SMILES string of the molecule is O=C(CSC1=N[C@H]2CCCC[C@@H]2N1)N1CCN(c2ccccc2)CC1. The Kier molecular flexibility index (Phi) is 5.15. The fourth-order valence-corrected chi connectivity index (χ4v) is 4.82. The maximum absolute atomic E-state index is 12.5. The molecule has 1 N–H and O–H groups in total. The number of rotatable bonds is 3. The lowest BCUT2D eigenvalue weighted by Gasteiger charge is -2.36. The summed E-state index contributed by atoms with van der Waals surface area (Å²) < 4.78 is 0. The number of nitrogens with one attached hydrogen (secondary N) is 1. The molecular weight excluding hydrogens is 332 g/mol. The lowest BCUT2D eigenvalue weighted by molar-refractivity contribution is -0.128. The third-order valence-corrected chi connectivity index (χ3v) is 6.30. The van der Waals surface area contributed by atoms with Crippen LogP contribution in [0.2, 0.25) is 0 Å². The van der Waals surface area contributed by atoms with Crippen LogP contribution >= 0.6 is 11.8 Å². The Balaban J connectivity index is 1.23. The lowest BCUT2D eigenvalue weighted by atomic mass is 9.92. The summed E-state index contributed by atoms with van der Waals surface area (Å²) in [5.74, 6) is 0.730. The zero-order valence-corrected chi connectivity index (χ0v) is 15.4. The minimum Gasteiger partial charge on any atom is -0.368 e. The molecule has 1 aromatic carbocycles. The molecule has 1 amide bonds. The van der Waals surface area contributed by atoms with Crippen LogP contribution in [0.1, 0.15) is 25.7 Å². The van der Waals surface area contributed by atoms with Crippen molar-refractivity contribution in [2.45, 2.75) is 37.8 Å². The first kappa shape index (κ1) is 16.8. The Hall–Kier alpha value is -1.69. The van der Waals surface area contributed by atoms with Crippen molar-refractivity contribution in [3.8, 4) is 0 Å². The fourth-order valence-electron chi connectivity index (χ4n) is 3.93. The van der Waals surface area contributed by atoms with Gasteiger partial charge in [-0.1, -0.05) is 42.8 Å². The predicted molar refractivity (Wildman–Crippen MR) is 104 cm³/mol. The number of anilines is 1. The number of para-hydroxylation sites is 1. The van der Waals surface area contributed by atoms with Crippen molar-refractivity contribution < 1.29 is 4.79 Å². The van der Waals surface area contributed by atoms with Gasteiger partial charge in [0, 0.05) is 31.9 Å². The van der Waals surface area contributed by atoms with Gasteiger partial charge in [-0.05, 0) is 25.0 Å². The molecule has 6 heteroatoms. The van der Waals surface area contributed by atoms with Gasteiger partial charge in [0.05, 0.1) is 17.8 Å². The Bertz CT molecular complexity index is 628. The molecule has 0 radical (unpaired) electrons. The molecule has 1 aromatic rings. The predicted octanol–water partition coefficient (Wildman–Crippen LogP) is 2.34. The fraction of sp³-hybridized carbons (Fsp3) is 0.579. The topological polar surface area (TPSA) is 47.9 Å². The van der Waals surface area contributed by atoms with E-state index in [0.717, 1.165) is 31.3 Å². The second kappa shape index (κ2) is 7.68. The van der Waals surface area contributed by atoms with Crippen LogP contribution in [0.5, 0.6) is 0 Å². The number of nitrogens with zero attached hydrogens (tertiary/aromatic N) is 3. The van der Waals surface area contributed by atoms with E-state index in [-0.39, 0.29) is 5.91 Å². The van der Waals surface area contributed by atoms with E-state index >= 15 is 0 Å². The van der Waals surface area contributed by atoms with Crippen molar-refractivity contribution in [2.24, 2.45) is 4.99 Å². The minimum atomic E-state index is 0.233. The molecule has 3 aliphatic rings. The van der Waals surface area contributed by atoms with Gasteiger partial charge in [0.25, 0.3) is 0 Å².